The molecule has 1 nitrogen and oxygen atoms in total. The third kappa shape index (κ3) is 7.47. The summed E-state index contributed by atoms with van der Waals surface area (Å²) in [7, 11) is 0. The van der Waals surface area contributed by atoms with E-state index in [4.69, 9.17) is 0 Å². The second-order valence-corrected chi connectivity index (χ2v) is 5.69. The van der Waals surface area contributed by atoms with E-state index < -0.39 is 0 Å². The lowest BCUT2D eigenvalue weighted by Gasteiger charge is -2.04. The van der Waals surface area contributed by atoms with Crippen LogP contribution in [0.1, 0.15) is 82.3 Å². The maximum atomic E-state index is 10.8. The number of rotatable bonds is 12. The SMILES string of the molecule is CCCCCCCCCCCCc1ccccc1[C]=O. The maximum Gasteiger partial charge on any atom is 0.233 e. The Kier molecular flexibility index (Phi) is 9.91. The van der Waals surface area contributed by atoms with Gasteiger partial charge in [0.05, 0.1) is 0 Å². The molecule has 111 valence electrons. The molecule has 0 aliphatic rings. The molecule has 0 aliphatic carbocycles. The third-order valence-corrected chi connectivity index (χ3v) is 3.93. The Balaban J connectivity index is 1.98. The molecular weight excluding hydrogens is 244 g/mol. The number of benzene rings is 1. The van der Waals surface area contributed by atoms with Gasteiger partial charge in [0.1, 0.15) is 0 Å². The van der Waals surface area contributed by atoms with Crippen molar-refractivity contribution in [1.29, 1.82) is 0 Å². The molecule has 1 heteroatoms. The van der Waals surface area contributed by atoms with Crippen LogP contribution in [0, 0.1) is 0 Å². The minimum Gasteiger partial charge on any atom is -0.285 e. The third-order valence-electron chi connectivity index (χ3n) is 3.93. The zero-order valence-corrected chi connectivity index (χ0v) is 13.0. The first-order valence-corrected chi connectivity index (χ1v) is 8.34. The fourth-order valence-electron chi connectivity index (χ4n) is 2.64. The lowest BCUT2D eigenvalue weighted by atomic mass is 10.0. The zero-order chi connectivity index (χ0) is 14.5. The molecule has 1 aromatic rings. The summed E-state index contributed by atoms with van der Waals surface area (Å²) in [5, 5.41) is 0. The summed E-state index contributed by atoms with van der Waals surface area (Å²) in [6.45, 7) is 2.26. The lowest BCUT2D eigenvalue weighted by Crippen LogP contribution is -1.93. The minimum absolute atomic E-state index is 0.739. The molecule has 0 bridgehead atoms. The molecule has 0 saturated heterocycles. The van der Waals surface area contributed by atoms with E-state index >= 15 is 0 Å². The van der Waals surface area contributed by atoms with Crippen LogP contribution >= 0.6 is 0 Å². The Morgan fingerprint density at radius 3 is 1.95 bits per heavy atom. The lowest BCUT2D eigenvalue weighted by molar-refractivity contribution is 0.555. The average molecular weight is 273 g/mol. The molecule has 0 aliphatic heterocycles. The highest BCUT2D eigenvalue weighted by Gasteiger charge is 2.00. The van der Waals surface area contributed by atoms with Crippen LogP contribution in [0.4, 0.5) is 0 Å². The van der Waals surface area contributed by atoms with Gasteiger partial charge in [-0.3, -0.25) is 4.79 Å². The van der Waals surface area contributed by atoms with E-state index in [1.54, 1.807) is 0 Å². The summed E-state index contributed by atoms with van der Waals surface area (Å²) in [4.78, 5) is 10.8. The van der Waals surface area contributed by atoms with E-state index in [1.165, 1.54) is 64.2 Å². The van der Waals surface area contributed by atoms with Gasteiger partial charge >= 0.3 is 0 Å². The van der Waals surface area contributed by atoms with Gasteiger partial charge in [0.15, 0.2) is 0 Å². The van der Waals surface area contributed by atoms with Crippen molar-refractivity contribution in [1.82, 2.24) is 0 Å². The normalized spacial score (nSPS) is 10.7. The Labute approximate surface area is 124 Å². The highest BCUT2D eigenvalue weighted by atomic mass is 16.1. The predicted molar refractivity (Wildman–Crippen MR) is 86.8 cm³/mol. The largest absolute Gasteiger partial charge is 0.285 e. The molecule has 0 atom stereocenters. The first-order chi connectivity index (χ1) is 9.88. The highest BCUT2D eigenvalue weighted by Crippen LogP contribution is 2.14. The van der Waals surface area contributed by atoms with Crippen molar-refractivity contribution < 1.29 is 4.79 Å². The van der Waals surface area contributed by atoms with Crippen molar-refractivity contribution in [2.45, 2.75) is 77.6 Å². The summed E-state index contributed by atoms with van der Waals surface area (Å²) >= 11 is 0. The summed E-state index contributed by atoms with van der Waals surface area (Å²) in [6, 6.07) is 7.82. The number of unbranched alkanes of at least 4 members (excludes halogenated alkanes) is 9. The first kappa shape index (κ1) is 16.9. The molecule has 0 unspecified atom stereocenters. The molecule has 1 rings (SSSR count). The highest BCUT2D eigenvalue weighted by molar-refractivity contribution is 5.77. The number of carbonyl (C=O) groups excluding carboxylic acids is 1. The van der Waals surface area contributed by atoms with Crippen molar-refractivity contribution >= 4 is 6.29 Å². The quantitative estimate of drug-likeness (QED) is 0.452. The van der Waals surface area contributed by atoms with E-state index in [0.717, 1.165) is 17.5 Å². The van der Waals surface area contributed by atoms with E-state index in [2.05, 4.69) is 6.92 Å². The molecule has 1 aromatic carbocycles. The molecule has 1 radical (unpaired) electrons. The number of aryl methyl sites for hydroxylation is 1. The standard InChI is InChI=1S/C19H29O/c1-2-3-4-5-6-7-8-9-10-11-14-18-15-12-13-16-19(18)17-20/h12-13,15-16H,2-11,14H2,1H3. The van der Waals surface area contributed by atoms with Crippen LogP contribution in [-0.2, 0) is 11.2 Å². The molecule has 20 heavy (non-hydrogen) atoms. The number of hydrogen-bond donors (Lipinski definition) is 0. The van der Waals surface area contributed by atoms with Crippen LogP contribution in [-0.4, -0.2) is 6.29 Å². The van der Waals surface area contributed by atoms with E-state index in [1.807, 2.05) is 30.6 Å². The second kappa shape index (κ2) is 11.7. The molecule has 0 amide bonds. The second-order valence-electron chi connectivity index (χ2n) is 5.69. The van der Waals surface area contributed by atoms with Crippen molar-refractivity contribution in [2.75, 3.05) is 0 Å². The van der Waals surface area contributed by atoms with Gasteiger partial charge < -0.3 is 0 Å². The molecule has 0 fully saturated rings. The van der Waals surface area contributed by atoms with Gasteiger partial charge in [0.2, 0.25) is 6.29 Å². The summed E-state index contributed by atoms with van der Waals surface area (Å²) in [5.74, 6) is 0. The van der Waals surface area contributed by atoms with Gasteiger partial charge in [-0.05, 0) is 18.4 Å². The Morgan fingerprint density at radius 1 is 0.800 bits per heavy atom. The van der Waals surface area contributed by atoms with Crippen LogP contribution in [0.15, 0.2) is 24.3 Å². The molecular formula is C19H29O. The minimum atomic E-state index is 0.739. The van der Waals surface area contributed by atoms with Gasteiger partial charge in [-0.1, -0.05) is 89.0 Å². The Morgan fingerprint density at radius 2 is 1.35 bits per heavy atom. The van der Waals surface area contributed by atoms with Gasteiger partial charge in [0.25, 0.3) is 0 Å². The van der Waals surface area contributed by atoms with E-state index in [-0.39, 0.29) is 0 Å². The summed E-state index contributed by atoms with van der Waals surface area (Å²) < 4.78 is 0. The monoisotopic (exact) mass is 273 g/mol. The van der Waals surface area contributed by atoms with Gasteiger partial charge in [0, 0.05) is 5.56 Å². The van der Waals surface area contributed by atoms with E-state index in [0.29, 0.717) is 0 Å². The molecule has 0 N–H and O–H groups in total. The smallest absolute Gasteiger partial charge is 0.233 e. The fourth-order valence-corrected chi connectivity index (χ4v) is 2.64. The van der Waals surface area contributed by atoms with Crippen molar-refractivity contribution in [3.05, 3.63) is 35.4 Å². The Bertz CT molecular complexity index is 357. The van der Waals surface area contributed by atoms with Crippen LogP contribution in [0.2, 0.25) is 0 Å². The van der Waals surface area contributed by atoms with Crippen LogP contribution in [0.25, 0.3) is 0 Å². The van der Waals surface area contributed by atoms with Gasteiger partial charge in [-0.25, -0.2) is 0 Å². The van der Waals surface area contributed by atoms with Gasteiger partial charge in [-0.2, -0.15) is 0 Å². The van der Waals surface area contributed by atoms with Crippen LogP contribution < -0.4 is 0 Å². The van der Waals surface area contributed by atoms with Crippen LogP contribution in [0.5, 0.6) is 0 Å². The van der Waals surface area contributed by atoms with Crippen molar-refractivity contribution in [2.24, 2.45) is 0 Å². The topological polar surface area (TPSA) is 17.1 Å². The Hall–Kier alpha value is -1.11. The first-order valence-electron chi connectivity index (χ1n) is 8.34. The molecule has 0 aromatic heterocycles. The predicted octanol–water partition coefficient (Wildman–Crippen LogP) is 5.61. The fraction of sp³-hybridized carbons (Fsp3) is 0.632. The maximum absolute atomic E-state index is 10.8. The zero-order valence-electron chi connectivity index (χ0n) is 13.0. The van der Waals surface area contributed by atoms with Gasteiger partial charge in [-0.15, -0.1) is 0 Å². The molecule has 0 saturated carbocycles. The van der Waals surface area contributed by atoms with E-state index in [9.17, 15) is 4.79 Å². The number of hydrogen-bond acceptors (Lipinski definition) is 1. The summed E-state index contributed by atoms with van der Waals surface area (Å²) in [5.41, 5.74) is 1.89. The van der Waals surface area contributed by atoms with Crippen molar-refractivity contribution in [3.63, 3.8) is 0 Å². The van der Waals surface area contributed by atoms with Crippen molar-refractivity contribution in [3.8, 4) is 0 Å². The summed E-state index contributed by atoms with van der Waals surface area (Å²) in [6.07, 6.45) is 16.6. The molecule has 0 heterocycles. The molecule has 0 spiro atoms. The average Bonchev–Trinajstić information content (AvgIpc) is 2.49. The van der Waals surface area contributed by atoms with Crippen LogP contribution in [0.3, 0.4) is 0 Å².